The molecule has 0 amide bonds. The summed E-state index contributed by atoms with van der Waals surface area (Å²) < 4.78 is 22.1. The second-order valence-electron chi connectivity index (χ2n) is 0.521. The lowest BCUT2D eigenvalue weighted by molar-refractivity contribution is 0.424. The Balaban J connectivity index is 3.68. The summed E-state index contributed by atoms with van der Waals surface area (Å²) in [7, 11) is 0. The largest absolute Gasteiger partial charge is 0.289 e. The average molecular weight is 316 g/mol. The standard InChI is InChI=1S/C2F2I2/c3-1(4)2(5)6. The van der Waals surface area contributed by atoms with E-state index >= 15 is 0 Å². The molecule has 0 aliphatic heterocycles. The molecule has 0 saturated heterocycles. The van der Waals surface area contributed by atoms with Gasteiger partial charge in [0.2, 0.25) is 0 Å². The van der Waals surface area contributed by atoms with Gasteiger partial charge in [-0.05, 0) is 45.2 Å². The smallest absolute Gasteiger partial charge is 0.172 e. The second-order valence-corrected chi connectivity index (χ2v) is 4.74. The maximum absolute atomic E-state index is 11.0. The van der Waals surface area contributed by atoms with E-state index in [4.69, 9.17) is 0 Å². The van der Waals surface area contributed by atoms with E-state index in [1.54, 1.807) is 45.2 Å². The SMILES string of the molecule is FC(F)=C(I)I. The van der Waals surface area contributed by atoms with Gasteiger partial charge in [0, 0.05) is 0 Å². The van der Waals surface area contributed by atoms with Crippen LogP contribution in [0.15, 0.2) is 7.67 Å². The molecule has 0 saturated carbocycles. The van der Waals surface area contributed by atoms with E-state index < -0.39 is 6.08 Å². The quantitative estimate of drug-likeness (QED) is 0.603. The lowest BCUT2D eigenvalue weighted by Crippen LogP contribution is -1.50. The van der Waals surface area contributed by atoms with Crippen LogP contribution in [0.25, 0.3) is 0 Å². The molecule has 0 aromatic carbocycles. The highest BCUT2D eigenvalue weighted by atomic mass is 127. The Bertz CT molecular complexity index is 59.6. The minimum Gasteiger partial charge on any atom is -0.172 e. The average Bonchev–Trinajstić information content (AvgIpc) is 1.36. The van der Waals surface area contributed by atoms with Gasteiger partial charge in [0.25, 0.3) is 6.08 Å². The van der Waals surface area contributed by atoms with Crippen molar-refractivity contribution in [2.75, 3.05) is 0 Å². The summed E-state index contributed by atoms with van der Waals surface area (Å²) in [5, 5.41) is 0. The van der Waals surface area contributed by atoms with E-state index in [0.29, 0.717) is 0 Å². The Kier molecular flexibility index (Phi) is 3.66. The second kappa shape index (κ2) is 3.11. The molecule has 0 aromatic heterocycles. The van der Waals surface area contributed by atoms with E-state index in [0.717, 1.165) is 0 Å². The zero-order valence-corrected chi connectivity index (χ0v) is 6.83. The summed E-state index contributed by atoms with van der Waals surface area (Å²) in [6.45, 7) is 0. The van der Waals surface area contributed by atoms with Crippen molar-refractivity contribution in [2.45, 2.75) is 0 Å². The third-order valence-electron chi connectivity index (χ3n) is 0.143. The number of rotatable bonds is 0. The first-order valence-electron chi connectivity index (χ1n) is 1.01. The van der Waals surface area contributed by atoms with Crippen molar-refractivity contribution in [1.29, 1.82) is 0 Å². The molecular formula is C2F2I2. The summed E-state index contributed by atoms with van der Waals surface area (Å²) in [4.78, 5) is 0. The fourth-order valence-corrected chi connectivity index (χ4v) is 0. The Labute approximate surface area is 61.3 Å². The van der Waals surface area contributed by atoms with Crippen molar-refractivity contribution >= 4 is 45.2 Å². The molecule has 0 spiro atoms. The predicted molar refractivity (Wildman–Crippen MR) is 37.3 cm³/mol. The number of hydrogen-bond donors (Lipinski definition) is 0. The topological polar surface area (TPSA) is 0 Å². The summed E-state index contributed by atoms with van der Waals surface area (Å²) >= 11 is 3.10. The summed E-state index contributed by atoms with van der Waals surface area (Å²) in [6, 6.07) is 0. The van der Waals surface area contributed by atoms with Gasteiger partial charge in [-0.15, -0.1) is 0 Å². The third kappa shape index (κ3) is 3.26. The van der Waals surface area contributed by atoms with Crippen LogP contribution in [0.5, 0.6) is 0 Å². The molecule has 0 rings (SSSR count). The lowest BCUT2D eigenvalue weighted by atomic mass is 11.2. The Morgan fingerprint density at radius 2 is 1.33 bits per heavy atom. The molecule has 0 aromatic rings. The summed E-state index contributed by atoms with van der Waals surface area (Å²) in [5.74, 6) is 0. The van der Waals surface area contributed by atoms with Crippen LogP contribution in [0.1, 0.15) is 0 Å². The maximum atomic E-state index is 11.0. The van der Waals surface area contributed by atoms with Crippen molar-refractivity contribution in [3.05, 3.63) is 7.67 Å². The molecule has 4 heteroatoms. The molecule has 0 atom stereocenters. The Hall–Kier alpha value is 1.06. The van der Waals surface area contributed by atoms with Crippen LogP contribution in [0, 0.1) is 0 Å². The molecule has 0 N–H and O–H groups in total. The molecule has 0 unspecified atom stereocenters. The van der Waals surface area contributed by atoms with Gasteiger partial charge in [-0.3, -0.25) is 0 Å². The van der Waals surface area contributed by atoms with Crippen LogP contribution in [0.3, 0.4) is 0 Å². The molecular weight excluding hydrogens is 316 g/mol. The van der Waals surface area contributed by atoms with E-state index in [1.165, 1.54) is 0 Å². The van der Waals surface area contributed by atoms with Crippen LogP contribution >= 0.6 is 45.2 Å². The van der Waals surface area contributed by atoms with Gasteiger partial charge in [-0.1, -0.05) is 0 Å². The van der Waals surface area contributed by atoms with E-state index in [9.17, 15) is 8.78 Å². The molecule has 0 bridgehead atoms. The van der Waals surface area contributed by atoms with Gasteiger partial charge in [-0.25, -0.2) is 0 Å². The molecule has 36 valence electrons. The van der Waals surface area contributed by atoms with Crippen LogP contribution in [-0.4, -0.2) is 0 Å². The van der Waals surface area contributed by atoms with Crippen LogP contribution in [-0.2, 0) is 0 Å². The first-order valence-corrected chi connectivity index (χ1v) is 3.16. The van der Waals surface area contributed by atoms with Gasteiger partial charge >= 0.3 is 0 Å². The molecule has 0 heterocycles. The first kappa shape index (κ1) is 7.06. The van der Waals surface area contributed by atoms with Crippen LogP contribution in [0.4, 0.5) is 8.78 Å². The highest BCUT2D eigenvalue weighted by molar-refractivity contribution is 14.2. The maximum Gasteiger partial charge on any atom is 0.289 e. The molecule has 0 nitrogen and oxygen atoms in total. The van der Waals surface area contributed by atoms with Crippen molar-refractivity contribution < 1.29 is 8.78 Å². The minimum atomic E-state index is -1.60. The molecule has 0 aliphatic carbocycles. The fourth-order valence-electron chi connectivity index (χ4n) is 0. The summed E-state index contributed by atoms with van der Waals surface area (Å²) in [6.07, 6.45) is -1.60. The van der Waals surface area contributed by atoms with Gasteiger partial charge < -0.3 is 0 Å². The highest BCUT2D eigenvalue weighted by Gasteiger charge is 1.91. The normalized spacial score (nSPS) is 8.00. The summed E-state index contributed by atoms with van der Waals surface area (Å²) in [5.41, 5.74) is 0. The van der Waals surface area contributed by atoms with Gasteiger partial charge in [0.05, 0.1) is 0 Å². The van der Waals surface area contributed by atoms with Crippen molar-refractivity contribution in [2.24, 2.45) is 0 Å². The molecule has 6 heavy (non-hydrogen) atoms. The van der Waals surface area contributed by atoms with Crippen LogP contribution in [0.2, 0.25) is 0 Å². The van der Waals surface area contributed by atoms with Crippen molar-refractivity contribution in [1.82, 2.24) is 0 Å². The Morgan fingerprint density at radius 3 is 1.33 bits per heavy atom. The lowest BCUT2D eigenvalue weighted by Gasteiger charge is -1.73. The monoisotopic (exact) mass is 316 g/mol. The van der Waals surface area contributed by atoms with Crippen molar-refractivity contribution in [3.8, 4) is 0 Å². The Morgan fingerprint density at radius 1 is 1.17 bits per heavy atom. The van der Waals surface area contributed by atoms with Gasteiger partial charge in [-0.2, -0.15) is 8.78 Å². The first-order chi connectivity index (χ1) is 2.64. The van der Waals surface area contributed by atoms with Gasteiger partial charge in [0.15, 0.2) is 0 Å². The highest BCUT2D eigenvalue weighted by Crippen LogP contribution is 2.21. The van der Waals surface area contributed by atoms with Gasteiger partial charge in [0.1, 0.15) is 1.59 Å². The van der Waals surface area contributed by atoms with E-state index in [1.807, 2.05) is 0 Å². The van der Waals surface area contributed by atoms with E-state index in [2.05, 4.69) is 0 Å². The predicted octanol–water partition coefficient (Wildman–Crippen LogP) is 2.92. The van der Waals surface area contributed by atoms with Crippen molar-refractivity contribution in [3.63, 3.8) is 0 Å². The van der Waals surface area contributed by atoms with Crippen LogP contribution < -0.4 is 0 Å². The zero-order valence-electron chi connectivity index (χ0n) is 2.51. The molecule has 0 radical (unpaired) electrons. The fraction of sp³-hybridized carbons (Fsp3) is 0. The number of halogens is 4. The van der Waals surface area contributed by atoms with E-state index in [-0.39, 0.29) is 1.59 Å². The minimum absolute atomic E-state index is 0.0326. The third-order valence-corrected chi connectivity index (χ3v) is 0.958. The zero-order chi connectivity index (χ0) is 5.15. The molecule has 0 fully saturated rings. The number of hydrogen-bond acceptors (Lipinski definition) is 0. The molecule has 0 aliphatic rings.